The second-order valence-corrected chi connectivity index (χ2v) is 3.89. The molecule has 0 saturated heterocycles. The lowest BCUT2D eigenvalue weighted by molar-refractivity contribution is 0.211. The van der Waals surface area contributed by atoms with Crippen LogP contribution in [0.3, 0.4) is 0 Å². The van der Waals surface area contributed by atoms with E-state index in [-0.39, 0.29) is 0 Å². The van der Waals surface area contributed by atoms with Gasteiger partial charge in [-0.15, -0.1) is 0 Å². The van der Waals surface area contributed by atoms with Gasteiger partial charge in [0.25, 0.3) is 0 Å². The average Bonchev–Trinajstić information content (AvgIpc) is 2.84. The highest BCUT2D eigenvalue weighted by atomic mass is 16.3. The third kappa shape index (κ3) is 1.68. The van der Waals surface area contributed by atoms with Gasteiger partial charge < -0.3 is 15.8 Å². The van der Waals surface area contributed by atoms with Gasteiger partial charge in [0.15, 0.2) is 11.5 Å². The van der Waals surface area contributed by atoms with Gasteiger partial charge in [0.2, 0.25) is 0 Å². The minimum absolute atomic E-state index is 0.319. The number of aromatic amines is 1. The van der Waals surface area contributed by atoms with Gasteiger partial charge >= 0.3 is 0 Å². The number of anilines is 1. The predicted octanol–water partition coefficient (Wildman–Crippen LogP) is 1.02. The summed E-state index contributed by atoms with van der Waals surface area (Å²) < 4.78 is 0. The van der Waals surface area contributed by atoms with Gasteiger partial charge in [0.05, 0.1) is 0 Å². The van der Waals surface area contributed by atoms with E-state index in [2.05, 4.69) is 19.9 Å². The Bertz CT molecular complexity index is 679. The Morgan fingerprint density at radius 1 is 1.17 bits per heavy atom. The van der Waals surface area contributed by atoms with Crippen LogP contribution in [0.4, 0.5) is 5.82 Å². The molecule has 0 unspecified atom stereocenters. The van der Waals surface area contributed by atoms with E-state index >= 15 is 0 Å². The number of benzene rings is 1. The van der Waals surface area contributed by atoms with Crippen molar-refractivity contribution in [2.45, 2.75) is 6.10 Å². The molecule has 18 heavy (non-hydrogen) atoms. The number of hydrogen-bond acceptors (Lipinski definition) is 5. The van der Waals surface area contributed by atoms with Crippen molar-refractivity contribution in [1.82, 2.24) is 19.9 Å². The van der Waals surface area contributed by atoms with Crippen LogP contribution in [0.2, 0.25) is 0 Å². The van der Waals surface area contributed by atoms with E-state index in [1.54, 1.807) is 0 Å². The number of aromatic nitrogens is 4. The number of nitrogens with zero attached hydrogens (tertiary/aromatic N) is 3. The maximum atomic E-state index is 10.2. The molecule has 0 spiro atoms. The first-order chi connectivity index (χ1) is 8.75. The van der Waals surface area contributed by atoms with Gasteiger partial charge in [-0.2, -0.15) is 0 Å². The van der Waals surface area contributed by atoms with Crippen molar-refractivity contribution >= 4 is 17.0 Å². The monoisotopic (exact) mass is 241 g/mol. The number of aliphatic hydroxyl groups excluding tert-OH is 1. The van der Waals surface area contributed by atoms with E-state index in [0.29, 0.717) is 22.8 Å². The Kier molecular flexibility index (Phi) is 2.42. The number of H-pyrrole nitrogens is 1. The normalized spacial score (nSPS) is 12.7. The molecular formula is C12H11N5O. The number of hydrogen-bond donors (Lipinski definition) is 3. The number of nitrogen functional groups attached to an aromatic ring is 1. The SMILES string of the molecule is Nc1ncnc2nc([C@H](O)c3ccccc3)[nH]c12. The van der Waals surface area contributed by atoms with Crippen LogP contribution < -0.4 is 5.73 Å². The molecule has 4 N–H and O–H groups in total. The van der Waals surface area contributed by atoms with E-state index in [1.165, 1.54) is 6.33 Å². The Morgan fingerprint density at radius 2 is 1.94 bits per heavy atom. The lowest BCUT2D eigenvalue weighted by atomic mass is 10.1. The van der Waals surface area contributed by atoms with E-state index in [4.69, 9.17) is 5.73 Å². The summed E-state index contributed by atoms with van der Waals surface area (Å²) in [7, 11) is 0. The summed E-state index contributed by atoms with van der Waals surface area (Å²) >= 11 is 0. The van der Waals surface area contributed by atoms with Gasteiger partial charge in [-0.3, -0.25) is 0 Å². The molecule has 3 rings (SSSR count). The van der Waals surface area contributed by atoms with Crippen molar-refractivity contribution in [3.8, 4) is 0 Å². The van der Waals surface area contributed by atoms with Crippen molar-refractivity contribution < 1.29 is 5.11 Å². The maximum absolute atomic E-state index is 10.2. The molecule has 0 bridgehead atoms. The lowest BCUT2D eigenvalue weighted by Crippen LogP contribution is -2.01. The zero-order valence-corrected chi connectivity index (χ0v) is 9.41. The first-order valence-electron chi connectivity index (χ1n) is 5.45. The molecule has 0 fully saturated rings. The molecule has 0 aliphatic carbocycles. The Morgan fingerprint density at radius 3 is 2.67 bits per heavy atom. The van der Waals surface area contributed by atoms with Gasteiger partial charge in [0, 0.05) is 0 Å². The van der Waals surface area contributed by atoms with Crippen molar-refractivity contribution in [2.24, 2.45) is 0 Å². The topological polar surface area (TPSA) is 101 Å². The van der Waals surface area contributed by atoms with Gasteiger partial charge in [-0.25, -0.2) is 15.0 Å². The lowest BCUT2D eigenvalue weighted by Gasteiger charge is -2.06. The van der Waals surface area contributed by atoms with Crippen LogP contribution in [0.15, 0.2) is 36.7 Å². The number of nitrogens with one attached hydrogen (secondary N) is 1. The number of fused-ring (bicyclic) bond motifs is 1. The Labute approximate surface area is 103 Å². The standard InChI is InChI=1S/C12H11N5O/c13-10-8-11(15-6-14-10)17-12(16-8)9(18)7-4-2-1-3-5-7/h1-6,9,18H,(H3,13,14,15,16,17)/t9-/m1/s1. The fourth-order valence-electron chi connectivity index (χ4n) is 1.79. The molecule has 0 aliphatic rings. The fourth-order valence-corrected chi connectivity index (χ4v) is 1.79. The van der Waals surface area contributed by atoms with Gasteiger partial charge in [-0.05, 0) is 5.56 Å². The average molecular weight is 241 g/mol. The fraction of sp³-hybridized carbons (Fsp3) is 0.0833. The maximum Gasteiger partial charge on any atom is 0.183 e. The van der Waals surface area contributed by atoms with Crippen LogP contribution in [0.25, 0.3) is 11.2 Å². The summed E-state index contributed by atoms with van der Waals surface area (Å²) in [5, 5.41) is 10.2. The molecule has 0 saturated carbocycles. The second-order valence-electron chi connectivity index (χ2n) is 3.89. The quantitative estimate of drug-likeness (QED) is 0.621. The minimum atomic E-state index is -0.834. The predicted molar refractivity (Wildman–Crippen MR) is 66.6 cm³/mol. The molecule has 3 aromatic rings. The third-order valence-corrected chi connectivity index (χ3v) is 2.71. The molecule has 6 heteroatoms. The summed E-state index contributed by atoms with van der Waals surface area (Å²) in [4.78, 5) is 15.0. The van der Waals surface area contributed by atoms with Crippen LogP contribution in [0.5, 0.6) is 0 Å². The molecule has 6 nitrogen and oxygen atoms in total. The first-order valence-corrected chi connectivity index (χ1v) is 5.45. The molecule has 0 aliphatic heterocycles. The zero-order valence-electron chi connectivity index (χ0n) is 9.41. The molecule has 0 amide bonds. The van der Waals surface area contributed by atoms with E-state index in [9.17, 15) is 5.11 Å². The molecule has 1 aromatic carbocycles. The number of nitrogens with two attached hydrogens (primary N) is 1. The molecule has 90 valence electrons. The van der Waals surface area contributed by atoms with Crippen LogP contribution >= 0.6 is 0 Å². The van der Waals surface area contributed by atoms with Crippen molar-refractivity contribution in [2.75, 3.05) is 5.73 Å². The van der Waals surface area contributed by atoms with Crippen molar-refractivity contribution in [3.63, 3.8) is 0 Å². The summed E-state index contributed by atoms with van der Waals surface area (Å²) in [6.07, 6.45) is 0.511. The number of imidazole rings is 1. The summed E-state index contributed by atoms with van der Waals surface area (Å²) in [5.41, 5.74) is 7.45. The van der Waals surface area contributed by atoms with Crippen LogP contribution in [0.1, 0.15) is 17.5 Å². The third-order valence-electron chi connectivity index (χ3n) is 2.71. The molecular weight excluding hydrogens is 230 g/mol. The summed E-state index contributed by atoms with van der Waals surface area (Å²) in [6, 6.07) is 9.25. The smallest absolute Gasteiger partial charge is 0.183 e. The number of aliphatic hydroxyl groups is 1. The van der Waals surface area contributed by atoms with E-state index < -0.39 is 6.10 Å². The van der Waals surface area contributed by atoms with Crippen LogP contribution in [0, 0.1) is 0 Å². The largest absolute Gasteiger partial charge is 0.382 e. The minimum Gasteiger partial charge on any atom is -0.382 e. The highest BCUT2D eigenvalue weighted by Gasteiger charge is 2.16. The zero-order chi connectivity index (χ0) is 12.5. The van der Waals surface area contributed by atoms with E-state index in [0.717, 1.165) is 5.56 Å². The van der Waals surface area contributed by atoms with Crippen molar-refractivity contribution in [1.29, 1.82) is 0 Å². The van der Waals surface area contributed by atoms with Gasteiger partial charge in [0.1, 0.15) is 23.8 Å². The van der Waals surface area contributed by atoms with E-state index in [1.807, 2.05) is 30.3 Å². The Hall–Kier alpha value is -2.47. The molecule has 2 heterocycles. The second kappa shape index (κ2) is 4.08. The summed E-state index contributed by atoms with van der Waals surface area (Å²) in [5.74, 6) is 0.724. The molecule has 2 aromatic heterocycles. The number of rotatable bonds is 2. The molecule has 1 atom stereocenters. The highest BCUT2D eigenvalue weighted by Crippen LogP contribution is 2.22. The Balaban J connectivity index is 2.07. The van der Waals surface area contributed by atoms with Gasteiger partial charge in [-0.1, -0.05) is 30.3 Å². The van der Waals surface area contributed by atoms with Crippen molar-refractivity contribution in [3.05, 3.63) is 48.0 Å². The highest BCUT2D eigenvalue weighted by molar-refractivity contribution is 5.81. The van der Waals surface area contributed by atoms with Crippen LogP contribution in [-0.4, -0.2) is 25.0 Å². The van der Waals surface area contributed by atoms with Crippen LogP contribution in [-0.2, 0) is 0 Å². The molecule has 0 radical (unpaired) electrons. The summed E-state index contributed by atoms with van der Waals surface area (Å²) in [6.45, 7) is 0. The first kappa shape index (κ1) is 10.7.